The van der Waals surface area contributed by atoms with Crippen LogP contribution in [0.3, 0.4) is 0 Å². The number of nitrogens with zero attached hydrogens (tertiary/aromatic N) is 1. The van der Waals surface area contributed by atoms with Gasteiger partial charge in [0, 0.05) is 25.8 Å². The van der Waals surface area contributed by atoms with E-state index >= 15 is 0 Å². The Morgan fingerprint density at radius 1 is 1.19 bits per heavy atom. The van der Waals surface area contributed by atoms with Crippen LogP contribution in [0.4, 0.5) is 0 Å². The molecule has 0 spiro atoms. The fraction of sp³-hybridized carbons (Fsp3) is 0.286. The van der Waals surface area contributed by atoms with Gasteiger partial charge in [-0.1, -0.05) is 12.1 Å². The third-order valence-corrected chi connectivity index (χ3v) is 5.31. The summed E-state index contributed by atoms with van der Waals surface area (Å²) in [6.07, 6.45) is -0.511. The van der Waals surface area contributed by atoms with E-state index in [1.165, 1.54) is 18.8 Å². The van der Waals surface area contributed by atoms with Gasteiger partial charge in [-0.3, -0.25) is 14.2 Å². The molecule has 1 aromatic heterocycles. The smallest absolute Gasteiger partial charge is 0.262 e. The van der Waals surface area contributed by atoms with Crippen molar-refractivity contribution in [3.63, 3.8) is 0 Å². The van der Waals surface area contributed by atoms with Crippen molar-refractivity contribution in [1.82, 2.24) is 14.9 Å². The second-order valence-electron chi connectivity index (χ2n) is 6.88. The molecule has 0 fully saturated rings. The predicted octanol–water partition coefficient (Wildman–Crippen LogP) is 2.18. The summed E-state index contributed by atoms with van der Waals surface area (Å²) in [6, 6.07) is 10.3. The number of aromatic amines is 1. The molecule has 3 aromatic rings. The molecule has 1 aliphatic heterocycles. The Balaban J connectivity index is 1.54. The number of rotatable bonds is 7. The van der Waals surface area contributed by atoms with Crippen LogP contribution in [0.2, 0.25) is 0 Å². The highest BCUT2D eigenvalue weighted by atomic mass is 32.1. The van der Waals surface area contributed by atoms with Crippen molar-refractivity contribution in [2.45, 2.75) is 12.8 Å². The highest BCUT2D eigenvalue weighted by Crippen LogP contribution is 2.34. The molecule has 1 aliphatic rings. The molecule has 0 saturated carbocycles. The molecule has 162 valence electrons. The molecule has 0 bridgehead atoms. The molecule has 0 aliphatic carbocycles. The van der Waals surface area contributed by atoms with Gasteiger partial charge >= 0.3 is 0 Å². The van der Waals surface area contributed by atoms with Crippen LogP contribution in [0.5, 0.6) is 11.5 Å². The first kappa shape index (κ1) is 21.0. The average molecular weight is 443 g/mol. The number of carbonyl (C=O) groups excluding carboxylic acids is 1. The largest absolute Gasteiger partial charge is 0.454 e. The molecule has 0 unspecified atom stereocenters. The van der Waals surface area contributed by atoms with Crippen LogP contribution in [0.25, 0.3) is 10.9 Å². The molecule has 31 heavy (non-hydrogen) atoms. The van der Waals surface area contributed by atoms with Crippen LogP contribution in [-0.4, -0.2) is 49.3 Å². The van der Waals surface area contributed by atoms with Crippen molar-refractivity contribution in [3.05, 3.63) is 62.6 Å². The van der Waals surface area contributed by atoms with Gasteiger partial charge in [-0.2, -0.15) is 0 Å². The van der Waals surface area contributed by atoms with E-state index in [1.807, 2.05) is 0 Å². The van der Waals surface area contributed by atoms with Gasteiger partial charge in [0.15, 0.2) is 22.6 Å². The third-order valence-electron chi connectivity index (χ3n) is 4.99. The highest BCUT2D eigenvalue weighted by Gasteiger charge is 2.17. The van der Waals surface area contributed by atoms with Crippen LogP contribution < -0.4 is 20.3 Å². The van der Waals surface area contributed by atoms with Gasteiger partial charge in [0.05, 0.1) is 24.0 Å². The van der Waals surface area contributed by atoms with Crippen LogP contribution in [0.1, 0.15) is 15.9 Å². The highest BCUT2D eigenvalue weighted by molar-refractivity contribution is 7.71. The molecule has 2 heterocycles. The molecule has 0 radical (unpaired) electrons. The molecule has 0 atom stereocenters. The number of hydrogen-bond donors (Lipinski definition) is 2. The van der Waals surface area contributed by atoms with Crippen LogP contribution in [0, 0.1) is 4.77 Å². The quantitative estimate of drug-likeness (QED) is 0.426. The zero-order valence-electron chi connectivity index (χ0n) is 17.0. The number of benzene rings is 2. The number of ether oxygens (including phenoxy) is 4. The van der Waals surface area contributed by atoms with Gasteiger partial charge < -0.3 is 29.2 Å². The second kappa shape index (κ2) is 8.88. The van der Waals surface area contributed by atoms with Crippen molar-refractivity contribution in [2.24, 2.45) is 0 Å². The third kappa shape index (κ3) is 4.31. The Morgan fingerprint density at radius 3 is 2.55 bits per heavy atom. The number of aromatic nitrogens is 2. The Kier molecular flexibility index (Phi) is 6.03. The predicted molar refractivity (Wildman–Crippen MR) is 115 cm³/mol. The van der Waals surface area contributed by atoms with Gasteiger partial charge in [-0.25, -0.2) is 0 Å². The van der Waals surface area contributed by atoms with E-state index in [0.717, 1.165) is 5.56 Å². The van der Waals surface area contributed by atoms with Crippen LogP contribution in [0.15, 0.2) is 41.2 Å². The van der Waals surface area contributed by atoms with E-state index in [1.54, 1.807) is 36.4 Å². The molecule has 10 heteroatoms. The number of H-pyrrole nitrogens is 1. The van der Waals surface area contributed by atoms with Crippen molar-refractivity contribution < 1.29 is 23.7 Å². The maximum absolute atomic E-state index is 13.0. The number of amides is 1. The summed E-state index contributed by atoms with van der Waals surface area (Å²) in [4.78, 5) is 28.4. The van der Waals surface area contributed by atoms with Crippen molar-refractivity contribution in [3.8, 4) is 11.5 Å². The Morgan fingerprint density at radius 2 is 1.87 bits per heavy atom. The molecule has 0 saturated heterocycles. The summed E-state index contributed by atoms with van der Waals surface area (Å²) in [5.74, 6) is 0.856. The lowest BCUT2D eigenvalue weighted by atomic mass is 10.1. The Labute approximate surface area is 182 Å². The first-order valence-electron chi connectivity index (χ1n) is 9.49. The van der Waals surface area contributed by atoms with Gasteiger partial charge in [0.25, 0.3) is 11.5 Å². The number of fused-ring (bicyclic) bond motifs is 2. The van der Waals surface area contributed by atoms with Gasteiger partial charge in [0.2, 0.25) is 6.79 Å². The number of nitrogens with one attached hydrogen (secondary N) is 2. The molecule has 1 amide bonds. The van der Waals surface area contributed by atoms with E-state index in [-0.39, 0.29) is 31.3 Å². The first-order chi connectivity index (χ1) is 15.0. The summed E-state index contributed by atoms with van der Waals surface area (Å²) < 4.78 is 22.6. The van der Waals surface area contributed by atoms with Crippen LogP contribution in [-0.2, 0) is 16.0 Å². The normalized spacial score (nSPS) is 12.5. The topological polar surface area (TPSA) is 104 Å². The van der Waals surface area contributed by atoms with Crippen molar-refractivity contribution >= 4 is 29.0 Å². The summed E-state index contributed by atoms with van der Waals surface area (Å²) in [5, 5.41) is 3.20. The van der Waals surface area contributed by atoms with E-state index in [0.29, 0.717) is 32.7 Å². The lowest BCUT2D eigenvalue weighted by molar-refractivity contribution is -0.0974. The summed E-state index contributed by atoms with van der Waals surface area (Å²) >= 11 is 5.39. The zero-order chi connectivity index (χ0) is 22.0. The molecular weight excluding hydrogens is 422 g/mol. The maximum Gasteiger partial charge on any atom is 0.262 e. The first-order valence-corrected chi connectivity index (χ1v) is 9.90. The van der Waals surface area contributed by atoms with Gasteiger partial charge in [-0.05, 0) is 36.0 Å². The fourth-order valence-corrected chi connectivity index (χ4v) is 3.53. The molecule has 9 nitrogen and oxygen atoms in total. The Bertz CT molecular complexity index is 1230. The van der Waals surface area contributed by atoms with Gasteiger partial charge in [-0.15, -0.1) is 0 Å². The van der Waals surface area contributed by atoms with Crippen molar-refractivity contribution in [2.75, 3.05) is 27.6 Å². The summed E-state index contributed by atoms with van der Waals surface area (Å²) in [5.41, 5.74) is 1.67. The lowest BCUT2D eigenvalue weighted by Gasteiger charge is -2.14. The lowest BCUT2D eigenvalue weighted by Crippen LogP contribution is -2.34. The second-order valence-corrected chi connectivity index (χ2v) is 7.27. The molecule has 2 N–H and O–H groups in total. The number of methoxy groups -OCH3 is 2. The minimum absolute atomic E-state index is 0.123. The fourth-order valence-electron chi connectivity index (χ4n) is 3.27. The average Bonchev–Trinajstić information content (AvgIpc) is 3.24. The SMILES string of the molecule is COC(CNC(=O)c1ccc(Cn2c(=S)[nH]c3cc4c(cc3c2=O)OCO4)cc1)OC. The van der Waals surface area contributed by atoms with Crippen molar-refractivity contribution in [1.29, 1.82) is 0 Å². The minimum Gasteiger partial charge on any atom is -0.454 e. The van der Waals surface area contributed by atoms with Gasteiger partial charge in [0.1, 0.15) is 0 Å². The van der Waals surface area contributed by atoms with E-state index < -0.39 is 6.29 Å². The summed E-state index contributed by atoms with van der Waals surface area (Å²) in [6.45, 7) is 0.613. The Hall–Kier alpha value is -3.21. The van der Waals surface area contributed by atoms with Crippen LogP contribution >= 0.6 is 12.2 Å². The van der Waals surface area contributed by atoms with E-state index in [4.69, 9.17) is 31.2 Å². The minimum atomic E-state index is -0.511. The number of hydrogen-bond acceptors (Lipinski definition) is 7. The molecule has 4 rings (SSSR count). The zero-order valence-corrected chi connectivity index (χ0v) is 17.8. The number of carbonyl (C=O) groups is 1. The van der Waals surface area contributed by atoms with E-state index in [9.17, 15) is 9.59 Å². The molecular formula is C21H21N3O6S. The standard InChI is InChI=1S/C21H21N3O6S/c1-27-18(28-2)9-22-19(25)13-5-3-12(4-6-13)10-24-20(26)14-7-16-17(30-11-29-16)8-15(14)23-21(24)31/h3-8,18H,9-11H2,1-2H3,(H,22,25)(H,23,31). The maximum atomic E-state index is 13.0. The molecule has 2 aromatic carbocycles. The monoisotopic (exact) mass is 443 g/mol. The van der Waals surface area contributed by atoms with E-state index in [2.05, 4.69) is 10.3 Å². The summed E-state index contributed by atoms with van der Waals surface area (Å²) in [7, 11) is 3.01.